The van der Waals surface area contributed by atoms with Gasteiger partial charge in [-0.05, 0) is 42.0 Å². The number of rotatable bonds is 9. The van der Waals surface area contributed by atoms with Gasteiger partial charge in [0.1, 0.15) is 0 Å². The Morgan fingerprint density at radius 1 is 0.592 bits per heavy atom. The van der Waals surface area contributed by atoms with E-state index in [-0.39, 0.29) is 24.9 Å². The quantitative estimate of drug-likeness (QED) is 0.165. The number of fused-ring (bicyclic) bond motifs is 2. The number of nitrogens with zero attached hydrogens (tertiary/aromatic N) is 3. The summed E-state index contributed by atoms with van der Waals surface area (Å²) < 4.78 is 0. The number of carbonyl (C=O) groups excluding carboxylic acids is 2. The zero-order valence-corrected chi connectivity index (χ0v) is 27.8. The molecule has 0 bridgehead atoms. The summed E-state index contributed by atoms with van der Waals surface area (Å²) in [5.74, 6) is -0.449. The molecule has 0 aliphatic heterocycles. The molecule has 0 fully saturated rings. The Kier molecular flexibility index (Phi) is 9.33. The lowest BCUT2D eigenvalue weighted by atomic mass is 10.0. The summed E-state index contributed by atoms with van der Waals surface area (Å²) in [6.45, 7) is 0.830. The second-order valence-corrected chi connectivity index (χ2v) is 12.4. The Balaban J connectivity index is 1.20. The lowest BCUT2D eigenvalue weighted by Crippen LogP contribution is -2.38. The minimum atomic E-state index is -0.269. The second-order valence-electron chi connectivity index (χ2n) is 11.6. The first-order chi connectivity index (χ1) is 24.0. The number of aromatic nitrogens is 2. The minimum Gasteiger partial charge on any atom is -0.350 e. The summed E-state index contributed by atoms with van der Waals surface area (Å²) in [6.07, 6.45) is 0. The van der Waals surface area contributed by atoms with E-state index in [0.717, 1.165) is 27.5 Å². The van der Waals surface area contributed by atoms with Crippen molar-refractivity contribution in [2.75, 3.05) is 13.1 Å². The largest absolute Gasteiger partial charge is 0.350 e. The van der Waals surface area contributed by atoms with Crippen molar-refractivity contribution in [1.29, 1.82) is 0 Å². The van der Waals surface area contributed by atoms with E-state index in [9.17, 15) is 9.59 Å². The van der Waals surface area contributed by atoms with E-state index in [4.69, 9.17) is 33.2 Å². The van der Waals surface area contributed by atoms with Crippen molar-refractivity contribution in [2.45, 2.75) is 6.54 Å². The van der Waals surface area contributed by atoms with Gasteiger partial charge in [-0.2, -0.15) is 0 Å². The first-order valence-electron chi connectivity index (χ1n) is 15.9. The van der Waals surface area contributed by atoms with Crippen molar-refractivity contribution in [3.8, 4) is 22.5 Å². The number of pyridine rings is 2. The van der Waals surface area contributed by atoms with Crippen LogP contribution in [0.15, 0.2) is 140 Å². The van der Waals surface area contributed by atoms with Gasteiger partial charge >= 0.3 is 0 Å². The van der Waals surface area contributed by atoms with E-state index in [1.807, 2.05) is 127 Å². The third kappa shape index (κ3) is 6.88. The molecule has 7 aromatic rings. The zero-order valence-electron chi connectivity index (χ0n) is 26.3. The first kappa shape index (κ1) is 32.0. The van der Waals surface area contributed by atoms with Crippen LogP contribution in [0.25, 0.3) is 44.3 Å². The molecule has 7 rings (SSSR count). The van der Waals surface area contributed by atoms with Crippen LogP contribution in [0.2, 0.25) is 10.0 Å². The normalized spacial score (nSPS) is 11.1. The molecule has 6 nitrogen and oxygen atoms in total. The molecule has 1 N–H and O–H groups in total. The van der Waals surface area contributed by atoms with Crippen LogP contribution in [0.4, 0.5) is 0 Å². The Labute approximate surface area is 294 Å². The molecule has 49 heavy (non-hydrogen) atoms. The number of hydrogen-bond acceptors (Lipinski definition) is 4. The van der Waals surface area contributed by atoms with Gasteiger partial charge < -0.3 is 10.2 Å². The lowest BCUT2D eigenvalue weighted by molar-refractivity contribution is 0.0738. The van der Waals surface area contributed by atoms with Gasteiger partial charge in [-0.25, -0.2) is 9.97 Å². The van der Waals surface area contributed by atoms with E-state index in [2.05, 4.69) is 5.32 Å². The van der Waals surface area contributed by atoms with Crippen molar-refractivity contribution in [2.24, 2.45) is 0 Å². The van der Waals surface area contributed by atoms with Gasteiger partial charge in [0.25, 0.3) is 11.8 Å². The predicted octanol–water partition coefficient (Wildman–Crippen LogP) is 9.50. The molecule has 0 aliphatic rings. The maximum absolute atomic E-state index is 14.5. The molecule has 8 heteroatoms. The third-order valence-corrected chi connectivity index (χ3v) is 9.04. The van der Waals surface area contributed by atoms with Gasteiger partial charge in [0.15, 0.2) is 0 Å². The molecule has 0 radical (unpaired) electrons. The minimum absolute atomic E-state index is 0.180. The van der Waals surface area contributed by atoms with Crippen LogP contribution < -0.4 is 5.32 Å². The molecular weight excluding hydrogens is 651 g/mol. The summed E-state index contributed by atoms with van der Waals surface area (Å²) in [4.78, 5) is 39.7. The molecule has 2 aromatic heterocycles. The van der Waals surface area contributed by atoms with Crippen molar-refractivity contribution in [1.82, 2.24) is 20.2 Å². The fraction of sp³-hybridized carbons (Fsp3) is 0.0732. The smallest absolute Gasteiger partial charge is 0.254 e. The van der Waals surface area contributed by atoms with E-state index < -0.39 is 0 Å². The third-order valence-electron chi connectivity index (χ3n) is 8.38. The maximum atomic E-state index is 14.5. The Bertz CT molecular complexity index is 2330. The highest BCUT2D eigenvalue weighted by Crippen LogP contribution is 2.32. The van der Waals surface area contributed by atoms with Crippen LogP contribution in [-0.2, 0) is 6.54 Å². The fourth-order valence-electron chi connectivity index (χ4n) is 5.96. The number of halogens is 2. The van der Waals surface area contributed by atoms with Gasteiger partial charge in [0.05, 0.1) is 33.5 Å². The fourth-order valence-corrected chi connectivity index (χ4v) is 6.42. The van der Waals surface area contributed by atoms with Gasteiger partial charge in [0, 0.05) is 51.6 Å². The standard InChI is InChI=1S/C41H30Cl2N4O2/c42-34-18-8-4-16-30(34)38-24-32(28-14-6-10-20-36(28)45-38)40(48)44-22-23-47(26-27-12-2-1-3-13-27)41(49)33-25-39(31-17-5-9-19-35(31)43)46-37-21-11-7-15-29(33)37/h1-21,24-25H,22-23,26H2,(H,44,48). The molecule has 0 aliphatic carbocycles. The molecular formula is C41H30Cl2N4O2. The monoisotopic (exact) mass is 680 g/mol. The van der Waals surface area contributed by atoms with Crippen LogP contribution >= 0.6 is 23.2 Å². The number of carbonyl (C=O) groups is 2. The predicted molar refractivity (Wildman–Crippen MR) is 198 cm³/mol. The van der Waals surface area contributed by atoms with E-state index in [0.29, 0.717) is 50.1 Å². The Hall–Kier alpha value is -5.56. The van der Waals surface area contributed by atoms with Crippen molar-refractivity contribution < 1.29 is 9.59 Å². The van der Waals surface area contributed by atoms with E-state index in [1.54, 1.807) is 17.0 Å². The molecule has 0 saturated carbocycles. The van der Waals surface area contributed by atoms with Crippen molar-refractivity contribution in [3.63, 3.8) is 0 Å². The maximum Gasteiger partial charge on any atom is 0.254 e. The van der Waals surface area contributed by atoms with Crippen molar-refractivity contribution >= 4 is 56.8 Å². The molecule has 2 heterocycles. The summed E-state index contributed by atoms with van der Waals surface area (Å²) in [7, 11) is 0. The molecule has 2 amide bonds. The molecule has 0 atom stereocenters. The summed E-state index contributed by atoms with van der Waals surface area (Å²) in [6, 6.07) is 43.4. The molecule has 0 spiro atoms. The van der Waals surface area contributed by atoms with Crippen LogP contribution in [0, 0.1) is 0 Å². The van der Waals surface area contributed by atoms with E-state index >= 15 is 0 Å². The highest BCUT2D eigenvalue weighted by atomic mass is 35.5. The van der Waals surface area contributed by atoms with Gasteiger partial charge in [-0.15, -0.1) is 0 Å². The topological polar surface area (TPSA) is 75.2 Å². The second kappa shape index (κ2) is 14.3. The number of hydrogen-bond donors (Lipinski definition) is 1. The Morgan fingerprint density at radius 2 is 1.08 bits per heavy atom. The highest BCUT2D eigenvalue weighted by molar-refractivity contribution is 6.33. The molecule has 5 aromatic carbocycles. The van der Waals surface area contributed by atoms with E-state index in [1.165, 1.54) is 0 Å². The highest BCUT2D eigenvalue weighted by Gasteiger charge is 2.22. The molecule has 0 unspecified atom stereocenters. The van der Waals surface area contributed by atoms with Crippen molar-refractivity contribution in [3.05, 3.63) is 166 Å². The number of para-hydroxylation sites is 2. The van der Waals surface area contributed by atoms with Gasteiger partial charge in [-0.3, -0.25) is 9.59 Å². The summed E-state index contributed by atoms with van der Waals surface area (Å²) in [5.41, 5.74) is 6.03. The average molecular weight is 682 g/mol. The van der Waals surface area contributed by atoms with Crippen LogP contribution in [-0.4, -0.2) is 39.8 Å². The lowest BCUT2D eigenvalue weighted by Gasteiger charge is -2.24. The molecule has 0 saturated heterocycles. The van der Waals surface area contributed by atoms with Gasteiger partial charge in [-0.1, -0.05) is 126 Å². The zero-order chi connectivity index (χ0) is 33.7. The summed E-state index contributed by atoms with van der Waals surface area (Å²) >= 11 is 13.1. The number of amides is 2. The SMILES string of the molecule is O=C(NCCN(Cc1ccccc1)C(=O)c1cc(-c2ccccc2Cl)nc2ccccc12)c1cc(-c2ccccc2Cl)nc2ccccc12. The van der Waals surface area contributed by atoms with Crippen LogP contribution in [0.1, 0.15) is 26.3 Å². The number of benzene rings is 5. The summed E-state index contributed by atoms with van der Waals surface area (Å²) in [5, 5.41) is 5.63. The molecule has 240 valence electrons. The van der Waals surface area contributed by atoms with Crippen LogP contribution in [0.5, 0.6) is 0 Å². The van der Waals surface area contributed by atoms with Gasteiger partial charge in [0.2, 0.25) is 0 Å². The van der Waals surface area contributed by atoms with Crippen LogP contribution in [0.3, 0.4) is 0 Å². The first-order valence-corrected chi connectivity index (χ1v) is 16.6. The average Bonchev–Trinajstić information content (AvgIpc) is 3.14. The Morgan fingerprint density at radius 3 is 1.67 bits per heavy atom. The number of nitrogens with one attached hydrogen (secondary N) is 1.